The van der Waals surface area contributed by atoms with Crippen LogP contribution >= 0.6 is 15.9 Å². The Morgan fingerprint density at radius 3 is 2.79 bits per heavy atom. The molecule has 19 heavy (non-hydrogen) atoms. The topological polar surface area (TPSA) is 21.3 Å². The molecule has 0 aliphatic carbocycles. The van der Waals surface area contributed by atoms with E-state index in [1.54, 1.807) is 6.07 Å². The van der Waals surface area contributed by atoms with Crippen molar-refractivity contribution in [2.45, 2.75) is 32.2 Å². The Morgan fingerprint density at radius 2 is 2.16 bits per heavy atom. The van der Waals surface area contributed by atoms with E-state index in [4.69, 9.17) is 4.74 Å². The molecule has 2 nitrogen and oxygen atoms in total. The summed E-state index contributed by atoms with van der Waals surface area (Å²) in [5, 5.41) is 3.42. The highest BCUT2D eigenvalue weighted by molar-refractivity contribution is 9.10. The number of nitrogens with one attached hydrogen (secondary N) is 1. The quantitative estimate of drug-likeness (QED) is 0.879. The van der Waals surface area contributed by atoms with E-state index in [0.29, 0.717) is 5.92 Å². The van der Waals surface area contributed by atoms with E-state index in [0.717, 1.165) is 49.1 Å². The summed E-state index contributed by atoms with van der Waals surface area (Å²) < 4.78 is 20.3. The van der Waals surface area contributed by atoms with Gasteiger partial charge in [-0.1, -0.05) is 28.9 Å². The molecule has 106 valence electrons. The van der Waals surface area contributed by atoms with Gasteiger partial charge in [0, 0.05) is 29.3 Å². The molecule has 0 radical (unpaired) electrons. The van der Waals surface area contributed by atoms with Crippen molar-refractivity contribution >= 4 is 15.9 Å². The Kier molecular flexibility index (Phi) is 5.79. The summed E-state index contributed by atoms with van der Waals surface area (Å²) in [6.45, 7) is 4.57. The predicted octanol–water partition coefficient (Wildman–Crippen LogP) is 4.06. The maximum atomic E-state index is 14.1. The fourth-order valence-electron chi connectivity index (χ4n) is 2.71. The fourth-order valence-corrected chi connectivity index (χ4v) is 3.33. The number of hydrogen-bond acceptors (Lipinski definition) is 2. The highest BCUT2D eigenvalue weighted by Crippen LogP contribution is 2.33. The maximum absolute atomic E-state index is 14.1. The fraction of sp³-hybridized carbons (Fsp3) is 0.600. The number of hydrogen-bond donors (Lipinski definition) is 1. The minimum Gasteiger partial charge on any atom is -0.381 e. The smallest absolute Gasteiger partial charge is 0.129 e. The van der Waals surface area contributed by atoms with Gasteiger partial charge in [-0.3, -0.25) is 0 Å². The van der Waals surface area contributed by atoms with Gasteiger partial charge in [0.15, 0.2) is 0 Å². The Morgan fingerprint density at radius 1 is 1.42 bits per heavy atom. The zero-order chi connectivity index (χ0) is 13.7. The Hall–Kier alpha value is -0.450. The number of rotatable bonds is 5. The van der Waals surface area contributed by atoms with Crippen molar-refractivity contribution in [3.63, 3.8) is 0 Å². The van der Waals surface area contributed by atoms with E-state index in [1.165, 1.54) is 6.07 Å². The summed E-state index contributed by atoms with van der Waals surface area (Å²) in [5.74, 6) is 0.483. The first-order chi connectivity index (χ1) is 9.22. The molecule has 0 amide bonds. The van der Waals surface area contributed by atoms with Crippen molar-refractivity contribution in [2.75, 3.05) is 19.8 Å². The van der Waals surface area contributed by atoms with Crippen LogP contribution in [0.1, 0.15) is 37.8 Å². The third-order valence-electron chi connectivity index (χ3n) is 3.71. The largest absolute Gasteiger partial charge is 0.381 e. The molecule has 0 bridgehead atoms. The van der Waals surface area contributed by atoms with Crippen molar-refractivity contribution in [3.05, 3.63) is 34.1 Å². The van der Waals surface area contributed by atoms with Crippen molar-refractivity contribution < 1.29 is 9.13 Å². The van der Waals surface area contributed by atoms with Crippen LogP contribution in [0.3, 0.4) is 0 Å². The van der Waals surface area contributed by atoms with Crippen LogP contribution < -0.4 is 5.32 Å². The van der Waals surface area contributed by atoms with Crippen LogP contribution in [-0.2, 0) is 4.74 Å². The minimum absolute atomic E-state index is 0.0728. The summed E-state index contributed by atoms with van der Waals surface area (Å²) in [6, 6.07) is 5.25. The standard InChI is InChI=1S/C15H21BrFNO/c1-2-18-14(10-11-6-8-19-9-7-11)15-12(16)4-3-5-13(15)17/h3-5,11,14,18H,2,6-10H2,1H3. The van der Waals surface area contributed by atoms with Crippen LogP contribution in [-0.4, -0.2) is 19.8 Å². The molecule has 0 saturated carbocycles. The van der Waals surface area contributed by atoms with Crippen LogP contribution in [0, 0.1) is 11.7 Å². The summed E-state index contributed by atoms with van der Waals surface area (Å²) in [5.41, 5.74) is 0.760. The molecular formula is C15H21BrFNO. The van der Waals surface area contributed by atoms with Crippen LogP contribution in [0.25, 0.3) is 0 Å². The van der Waals surface area contributed by atoms with Crippen LogP contribution in [0.5, 0.6) is 0 Å². The van der Waals surface area contributed by atoms with Gasteiger partial charge < -0.3 is 10.1 Å². The second kappa shape index (κ2) is 7.36. The van der Waals surface area contributed by atoms with E-state index in [2.05, 4.69) is 28.2 Å². The first-order valence-corrected chi connectivity index (χ1v) is 7.76. The molecule has 1 aromatic rings. The molecule has 1 saturated heterocycles. The van der Waals surface area contributed by atoms with Gasteiger partial charge in [0.25, 0.3) is 0 Å². The molecular weight excluding hydrogens is 309 g/mol. The van der Waals surface area contributed by atoms with E-state index in [-0.39, 0.29) is 11.9 Å². The monoisotopic (exact) mass is 329 g/mol. The first-order valence-electron chi connectivity index (χ1n) is 6.97. The molecule has 4 heteroatoms. The van der Waals surface area contributed by atoms with Gasteiger partial charge in [0.1, 0.15) is 5.82 Å². The highest BCUT2D eigenvalue weighted by atomic mass is 79.9. The van der Waals surface area contributed by atoms with Crippen LogP contribution in [0.4, 0.5) is 4.39 Å². The zero-order valence-corrected chi connectivity index (χ0v) is 12.9. The summed E-state index contributed by atoms with van der Waals surface area (Å²) in [6.07, 6.45) is 3.12. The third kappa shape index (κ3) is 4.01. The molecule has 0 aromatic heterocycles. The molecule has 0 spiro atoms. The lowest BCUT2D eigenvalue weighted by Gasteiger charge is -2.28. The summed E-state index contributed by atoms with van der Waals surface area (Å²) in [7, 11) is 0. The van der Waals surface area contributed by atoms with Crippen LogP contribution in [0.15, 0.2) is 22.7 Å². The average molecular weight is 330 g/mol. The molecule has 1 heterocycles. The molecule has 2 rings (SSSR count). The van der Waals surface area contributed by atoms with Gasteiger partial charge in [-0.25, -0.2) is 4.39 Å². The molecule has 1 atom stereocenters. The average Bonchev–Trinajstić information content (AvgIpc) is 2.40. The van der Waals surface area contributed by atoms with E-state index in [9.17, 15) is 4.39 Å². The maximum Gasteiger partial charge on any atom is 0.129 e. The zero-order valence-electron chi connectivity index (χ0n) is 11.3. The Labute approximate surface area is 122 Å². The highest BCUT2D eigenvalue weighted by Gasteiger charge is 2.23. The Balaban J connectivity index is 2.14. The molecule has 1 aliphatic rings. The lowest BCUT2D eigenvalue weighted by molar-refractivity contribution is 0.0604. The Bertz CT molecular complexity index is 387. The van der Waals surface area contributed by atoms with Crippen molar-refractivity contribution in [2.24, 2.45) is 5.92 Å². The van der Waals surface area contributed by atoms with E-state index < -0.39 is 0 Å². The second-order valence-corrected chi connectivity index (χ2v) is 5.89. The van der Waals surface area contributed by atoms with Gasteiger partial charge in [-0.05, 0) is 43.9 Å². The number of benzene rings is 1. The van der Waals surface area contributed by atoms with Gasteiger partial charge >= 0.3 is 0 Å². The summed E-state index contributed by atoms with van der Waals surface area (Å²) >= 11 is 3.48. The van der Waals surface area contributed by atoms with Gasteiger partial charge in [0.2, 0.25) is 0 Å². The van der Waals surface area contributed by atoms with Gasteiger partial charge in [0.05, 0.1) is 0 Å². The minimum atomic E-state index is -0.132. The molecule has 1 aliphatic heterocycles. The summed E-state index contributed by atoms with van der Waals surface area (Å²) in [4.78, 5) is 0. The molecule has 1 fully saturated rings. The van der Waals surface area contributed by atoms with Gasteiger partial charge in [-0.2, -0.15) is 0 Å². The molecule has 1 N–H and O–H groups in total. The second-order valence-electron chi connectivity index (χ2n) is 5.04. The lowest BCUT2D eigenvalue weighted by atomic mass is 9.89. The normalized spacial score (nSPS) is 18.5. The SMILES string of the molecule is CCNC(CC1CCOCC1)c1c(F)cccc1Br. The third-order valence-corrected chi connectivity index (χ3v) is 4.40. The molecule has 1 aromatic carbocycles. The first kappa shape index (κ1) is 14.9. The van der Waals surface area contributed by atoms with E-state index >= 15 is 0 Å². The van der Waals surface area contributed by atoms with Crippen molar-refractivity contribution in [1.29, 1.82) is 0 Å². The lowest BCUT2D eigenvalue weighted by Crippen LogP contribution is -2.27. The number of halogens is 2. The van der Waals surface area contributed by atoms with E-state index in [1.807, 2.05) is 6.07 Å². The predicted molar refractivity (Wildman–Crippen MR) is 78.7 cm³/mol. The number of ether oxygens (including phenoxy) is 1. The molecule has 1 unspecified atom stereocenters. The van der Waals surface area contributed by atoms with Crippen molar-refractivity contribution in [3.8, 4) is 0 Å². The van der Waals surface area contributed by atoms with Gasteiger partial charge in [-0.15, -0.1) is 0 Å². The van der Waals surface area contributed by atoms with Crippen LogP contribution in [0.2, 0.25) is 0 Å². The van der Waals surface area contributed by atoms with Crippen molar-refractivity contribution in [1.82, 2.24) is 5.32 Å².